The second-order valence-corrected chi connectivity index (χ2v) is 1.01. The Balaban J connectivity index is 0.000000360. The summed E-state index contributed by atoms with van der Waals surface area (Å²) in [6, 6.07) is 0. The van der Waals surface area contributed by atoms with Crippen molar-refractivity contribution in [1.29, 1.82) is 0 Å². The average molecular weight is 266 g/mol. The first-order valence-electron chi connectivity index (χ1n) is 1.66. The van der Waals surface area contributed by atoms with Crippen molar-refractivity contribution in [3.8, 4) is 0 Å². The molecule has 0 radical (unpaired) electrons. The summed E-state index contributed by atoms with van der Waals surface area (Å²) in [4.78, 5) is 3.69. The fraction of sp³-hybridized carbons (Fsp3) is 0.333. The minimum absolute atomic E-state index is 0. The van der Waals surface area contributed by atoms with Gasteiger partial charge in [0.2, 0.25) is 0 Å². The summed E-state index contributed by atoms with van der Waals surface area (Å²) in [6.07, 6.45) is 1.43. The van der Waals surface area contributed by atoms with Gasteiger partial charge in [-0.3, -0.25) is 5.10 Å². The maximum Gasteiger partial charge on any atom is 0.0231 e. The Morgan fingerprint density at radius 3 is 2.57 bits per heavy atom. The molecule has 0 aliphatic carbocycles. The molecular weight excluding hydrogens is 262 g/mol. The van der Waals surface area contributed by atoms with E-state index >= 15 is 0 Å². The van der Waals surface area contributed by atoms with E-state index in [1.54, 1.807) is 6.92 Å². The largest absolute Gasteiger partial charge is 0.430 e. The molecule has 0 unspecified atom stereocenters. The molecular formula is C3H4N3W-. The van der Waals surface area contributed by atoms with Gasteiger partial charge in [0.15, 0.2) is 0 Å². The van der Waals surface area contributed by atoms with Gasteiger partial charge in [-0.2, -0.15) is 0 Å². The first-order valence-corrected chi connectivity index (χ1v) is 1.66. The zero-order valence-corrected chi connectivity index (χ0v) is 6.76. The third kappa shape index (κ3) is 1.83. The van der Waals surface area contributed by atoms with Crippen LogP contribution in [-0.4, -0.2) is 10.1 Å². The molecule has 0 spiro atoms. The Bertz CT molecular complexity index is 114. The van der Waals surface area contributed by atoms with Gasteiger partial charge in [0.05, 0.1) is 0 Å². The molecule has 1 heterocycles. The quantitative estimate of drug-likeness (QED) is 0.649. The monoisotopic (exact) mass is 266 g/mol. The number of aromatic nitrogens is 3. The molecule has 0 atom stereocenters. The third-order valence-electron chi connectivity index (χ3n) is 0.499. The summed E-state index contributed by atoms with van der Waals surface area (Å²) in [5, 5.41) is 7.02. The molecule has 0 amide bonds. The molecule has 3 nitrogen and oxygen atoms in total. The van der Waals surface area contributed by atoms with Crippen molar-refractivity contribution in [2.24, 2.45) is 0 Å². The van der Waals surface area contributed by atoms with Gasteiger partial charge in [-0.1, -0.05) is 6.33 Å². The van der Waals surface area contributed by atoms with E-state index in [2.05, 4.69) is 15.2 Å². The number of nitrogens with zero attached hydrogens (tertiary/aromatic N) is 3. The molecule has 4 heteroatoms. The Hall–Kier alpha value is -0.172. The second kappa shape index (κ2) is 2.91. The van der Waals surface area contributed by atoms with Crippen molar-refractivity contribution in [2.75, 3.05) is 0 Å². The zero-order valence-electron chi connectivity index (χ0n) is 3.83. The van der Waals surface area contributed by atoms with Crippen LogP contribution in [0.2, 0.25) is 0 Å². The summed E-state index contributed by atoms with van der Waals surface area (Å²) >= 11 is 0. The van der Waals surface area contributed by atoms with Crippen molar-refractivity contribution in [1.82, 2.24) is 15.2 Å². The predicted octanol–water partition coefficient (Wildman–Crippen LogP) is -0.260. The van der Waals surface area contributed by atoms with Gasteiger partial charge in [-0.05, 0) is 6.92 Å². The fourth-order valence-electron chi connectivity index (χ4n) is 0.245. The van der Waals surface area contributed by atoms with Crippen LogP contribution in [0.25, 0.3) is 0 Å². The Kier molecular flexibility index (Phi) is 2.84. The van der Waals surface area contributed by atoms with Crippen molar-refractivity contribution < 1.29 is 21.1 Å². The number of rotatable bonds is 0. The van der Waals surface area contributed by atoms with E-state index < -0.39 is 0 Å². The number of hydrogen-bond donors (Lipinski definition) is 0. The predicted molar refractivity (Wildman–Crippen MR) is 20.1 cm³/mol. The molecule has 0 N–H and O–H groups in total. The van der Waals surface area contributed by atoms with Crippen molar-refractivity contribution in [2.45, 2.75) is 6.92 Å². The van der Waals surface area contributed by atoms with Gasteiger partial charge < -0.3 is 10.1 Å². The normalized spacial score (nSPS) is 7.57. The molecule has 0 saturated heterocycles. The topological polar surface area (TPSA) is 39.9 Å². The Morgan fingerprint density at radius 1 is 1.71 bits per heavy atom. The maximum atomic E-state index is 3.69. The first kappa shape index (κ1) is 6.83. The molecule has 1 aromatic heterocycles. The first-order chi connectivity index (χ1) is 2.89. The van der Waals surface area contributed by atoms with Crippen molar-refractivity contribution in [3.63, 3.8) is 0 Å². The minimum Gasteiger partial charge on any atom is -0.430 e. The van der Waals surface area contributed by atoms with Crippen LogP contribution in [0.1, 0.15) is 5.82 Å². The van der Waals surface area contributed by atoms with E-state index in [9.17, 15) is 0 Å². The Labute approximate surface area is 55.8 Å². The number of aryl methyl sites for hydroxylation is 1. The second-order valence-electron chi connectivity index (χ2n) is 1.01. The van der Waals surface area contributed by atoms with Crippen molar-refractivity contribution in [3.05, 3.63) is 12.2 Å². The van der Waals surface area contributed by atoms with Crippen LogP contribution in [0.5, 0.6) is 0 Å². The van der Waals surface area contributed by atoms with Crippen LogP contribution in [0.15, 0.2) is 6.33 Å². The standard InChI is InChI=1S/C3H4N3.W/c1-3-4-2-5-6-3;/h2H,1H3;/q-1;. The van der Waals surface area contributed by atoms with Gasteiger partial charge >= 0.3 is 0 Å². The summed E-state index contributed by atoms with van der Waals surface area (Å²) in [6.45, 7) is 1.80. The molecule has 0 saturated carbocycles. The summed E-state index contributed by atoms with van der Waals surface area (Å²) in [7, 11) is 0. The molecule has 1 rings (SSSR count). The zero-order chi connectivity index (χ0) is 4.41. The molecule has 0 bridgehead atoms. The smallest absolute Gasteiger partial charge is 0.0231 e. The molecule has 1 aromatic rings. The van der Waals surface area contributed by atoms with Crippen LogP contribution in [0, 0.1) is 6.92 Å². The Morgan fingerprint density at radius 2 is 2.43 bits per heavy atom. The van der Waals surface area contributed by atoms with E-state index in [0.29, 0.717) is 0 Å². The number of hydrogen-bond acceptors (Lipinski definition) is 2. The van der Waals surface area contributed by atoms with Crippen LogP contribution in [-0.2, 0) is 21.1 Å². The molecule has 38 valence electrons. The third-order valence-corrected chi connectivity index (χ3v) is 0.499. The van der Waals surface area contributed by atoms with E-state index in [0.717, 1.165) is 5.82 Å². The SMILES string of the molecule is Cc1nc[n-]n1.[W]. The molecule has 0 aliphatic heterocycles. The molecule has 0 aromatic carbocycles. The van der Waals surface area contributed by atoms with Gasteiger partial charge in [0.1, 0.15) is 0 Å². The molecule has 0 aliphatic rings. The van der Waals surface area contributed by atoms with E-state index in [1.807, 2.05) is 0 Å². The molecule has 7 heavy (non-hydrogen) atoms. The van der Waals surface area contributed by atoms with Gasteiger partial charge in [-0.25, -0.2) is 0 Å². The fourth-order valence-corrected chi connectivity index (χ4v) is 0.245. The molecule has 0 fully saturated rings. The maximum absolute atomic E-state index is 3.69. The summed E-state index contributed by atoms with van der Waals surface area (Å²) < 4.78 is 0. The van der Waals surface area contributed by atoms with Crippen LogP contribution >= 0.6 is 0 Å². The minimum atomic E-state index is 0. The van der Waals surface area contributed by atoms with Crippen LogP contribution in [0.3, 0.4) is 0 Å². The van der Waals surface area contributed by atoms with Gasteiger partial charge in [-0.15, -0.1) is 0 Å². The van der Waals surface area contributed by atoms with Crippen molar-refractivity contribution >= 4 is 0 Å². The summed E-state index contributed by atoms with van der Waals surface area (Å²) in [5.41, 5.74) is 0. The van der Waals surface area contributed by atoms with Crippen LogP contribution in [0.4, 0.5) is 0 Å². The van der Waals surface area contributed by atoms with E-state index in [1.165, 1.54) is 6.33 Å². The van der Waals surface area contributed by atoms with Crippen LogP contribution < -0.4 is 5.10 Å². The summed E-state index contributed by atoms with van der Waals surface area (Å²) in [5.74, 6) is 0.731. The van der Waals surface area contributed by atoms with E-state index in [4.69, 9.17) is 0 Å². The van der Waals surface area contributed by atoms with Gasteiger partial charge in [0, 0.05) is 26.9 Å². The van der Waals surface area contributed by atoms with Gasteiger partial charge in [0.25, 0.3) is 0 Å². The average Bonchev–Trinajstić information content (AvgIpc) is 1.86. The van der Waals surface area contributed by atoms with E-state index in [-0.39, 0.29) is 21.1 Å².